The number of aryl methyl sites for hydroxylation is 2. The normalized spacial score (nSPS) is 15.7. The van der Waals surface area contributed by atoms with Crippen molar-refractivity contribution >= 4 is 9.84 Å². The van der Waals surface area contributed by atoms with Gasteiger partial charge in [-0.15, -0.1) is 5.10 Å². The molecule has 0 atom stereocenters. The molecular formula is C12H17N5O2S. The van der Waals surface area contributed by atoms with Crippen LogP contribution in [-0.2, 0) is 22.8 Å². The van der Waals surface area contributed by atoms with Gasteiger partial charge in [0.2, 0.25) is 9.84 Å². The SMILES string of the molecule is CCn1nccc1CCS(=O)(=O)c1n[nH]c(C2CC2)n1. The van der Waals surface area contributed by atoms with E-state index in [9.17, 15) is 8.42 Å². The molecular weight excluding hydrogens is 278 g/mol. The summed E-state index contributed by atoms with van der Waals surface area (Å²) in [5, 5.41) is 10.6. The van der Waals surface area contributed by atoms with Crippen molar-refractivity contribution in [1.82, 2.24) is 25.0 Å². The van der Waals surface area contributed by atoms with Crippen LogP contribution in [0.25, 0.3) is 0 Å². The van der Waals surface area contributed by atoms with E-state index in [1.807, 2.05) is 13.0 Å². The highest BCUT2D eigenvalue weighted by Crippen LogP contribution is 2.38. The molecule has 0 amide bonds. The first kappa shape index (κ1) is 13.3. The Balaban J connectivity index is 1.71. The summed E-state index contributed by atoms with van der Waals surface area (Å²) >= 11 is 0. The second kappa shape index (κ2) is 5.01. The van der Waals surface area contributed by atoms with Gasteiger partial charge >= 0.3 is 0 Å². The molecule has 0 radical (unpaired) electrons. The molecule has 2 aromatic rings. The summed E-state index contributed by atoms with van der Waals surface area (Å²) in [6.45, 7) is 2.71. The molecule has 108 valence electrons. The highest BCUT2D eigenvalue weighted by atomic mass is 32.2. The lowest BCUT2D eigenvalue weighted by Crippen LogP contribution is -2.13. The van der Waals surface area contributed by atoms with E-state index in [4.69, 9.17) is 0 Å². The van der Waals surface area contributed by atoms with E-state index in [-0.39, 0.29) is 10.9 Å². The molecule has 0 saturated heterocycles. The van der Waals surface area contributed by atoms with Crippen molar-refractivity contribution in [2.75, 3.05) is 5.75 Å². The second-order valence-electron chi connectivity index (χ2n) is 4.98. The number of nitrogens with one attached hydrogen (secondary N) is 1. The van der Waals surface area contributed by atoms with Gasteiger partial charge in [-0.05, 0) is 25.8 Å². The molecule has 0 spiro atoms. The lowest BCUT2D eigenvalue weighted by atomic mass is 10.3. The number of hydrogen-bond donors (Lipinski definition) is 1. The van der Waals surface area contributed by atoms with Crippen molar-refractivity contribution in [3.63, 3.8) is 0 Å². The van der Waals surface area contributed by atoms with Crippen LogP contribution in [0.4, 0.5) is 0 Å². The van der Waals surface area contributed by atoms with Gasteiger partial charge in [-0.1, -0.05) is 0 Å². The van der Waals surface area contributed by atoms with Crippen LogP contribution >= 0.6 is 0 Å². The number of aromatic amines is 1. The lowest BCUT2D eigenvalue weighted by molar-refractivity contribution is 0.582. The van der Waals surface area contributed by atoms with E-state index in [0.29, 0.717) is 18.2 Å². The third kappa shape index (κ3) is 2.60. The number of H-pyrrole nitrogens is 1. The summed E-state index contributed by atoms with van der Waals surface area (Å²) < 4.78 is 26.2. The second-order valence-corrected chi connectivity index (χ2v) is 6.99. The van der Waals surface area contributed by atoms with Crippen molar-refractivity contribution in [3.8, 4) is 0 Å². The number of hydrogen-bond acceptors (Lipinski definition) is 5. The summed E-state index contributed by atoms with van der Waals surface area (Å²) in [5.74, 6) is 1.07. The zero-order chi connectivity index (χ0) is 14.2. The highest BCUT2D eigenvalue weighted by Gasteiger charge is 2.29. The summed E-state index contributed by atoms with van der Waals surface area (Å²) in [7, 11) is -3.44. The van der Waals surface area contributed by atoms with E-state index < -0.39 is 9.84 Å². The molecule has 1 aliphatic carbocycles. The fourth-order valence-corrected chi connectivity index (χ4v) is 3.21. The molecule has 2 aromatic heterocycles. The van der Waals surface area contributed by atoms with Crippen LogP contribution in [0.3, 0.4) is 0 Å². The number of nitrogens with zero attached hydrogens (tertiary/aromatic N) is 4. The average molecular weight is 295 g/mol. The van der Waals surface area contributed by atoms with Gasteiger partial charge in [0.25, 0.3) is 5.16 Å². The molecule has 0 aromatic carbocycles. The Morgan fingerprint density at radius 2 is 2.25 bits per heavy atom. The molecule has 20 heavy (non-hydrogen) atoms. The van der Waals surface area contributed by atoms with Crippen LogP contribution in [0, 0.1) is 0 Å². The largest absolute Gasteiger partial charge is 0.270 e. The summed E-state index contributed by atoms with van der Waals surface area (Å²) in [6.07, 6.45) is 4.22. The zero-order valence-electron chi connectivity index (χ0n) is 11.3. The maximum atomic E-state index is 12.2. The Morgan fingerprint density at radius 3 is 2.95 bits per heavy atom. The third-order valence-electron chi connectivity index (χ3n) is 3.46. The minimum absolute atomic E-state index is 0.000648. The van der Waals surface area contributed by atoms with Crippen molar-refractivity contribution in [2.45, 2.75) is 43.8 Å². The molecule has 0 aliphatic heterocycles. The molecule has 1 aliphatic rings. The quantitative estimate of drug-likeness (QED) is 0.855. The van der Waals surface area contributed by atoms with E-state index in [0.717, 1.165) is 25.1 Å². The van der Waals surface area contributed by atoms with Gasteiger partial charge in [0.1, 0.15) is 5.82 Å². The van der Waals surface area contributed by atoms with Crippen molar-refractivity contribution in [1.29, 1.82) is 0 Å². The minimum Gasteiger partial charge on any atom is -0.270 e. The fraction of sp³-hybridized carbons (Fsp3) is 0.583. The molecule has 0 bridgehead atoms. The highest BCUT2D eigenvalue weighted by molar-refractivity contribution is 7.91. The van der Waals surface area contributed by atoms with E-state index in [1.165, 1.54) is 0 Å². The number of rotatable bonds is 6. The Hall–Kier alpha value is -1.70. The predicted molar refractivity (Wildman–Crippen MR) is 72.0 cm³/mol. The smallest absolute Gasteiger partial charge is 0.266 e. The first-order valence-electron chi connectivity index (χ1n) is 6.76. The van der Waals surface area contributed by atoms with Crippen LogP contribution in [-0.4, -0.2) is 39.1 Å². The average Bonchev–Trinajstić information content (AvgIpc) is 2.99. The molecule has 3 rings (SSSR count). The zero-order valence-corrected chi connectivity index (χ0v) is 12.1. The molecule has 2 heterocycles. The summed E-state index contributed by atoms with van der Waals surface area (Å²) in [4.78, 5) is 4.11. The molecule has 7 nitrogen and oxygen atoms in total. The predicted octanol–water partition coefficient (Wildman–Crippen LogP) is 0.915. The summed E-state index contributed by atoms with van der Waals surface area (Å²) in [6, 6.07) is 1.84. The maximum absolute atomic E-state index is 12.2. The van der Waals surface area contributed by atoms with Gasteiger partial charge in [0, 0.05) is 30.8 Å². The van der Waals surface area contributed by atoms with Crippen molar-refractivity contribution in [2.24, 2.45) is 0 Å². The molecule has 1 saturated carbocycles. The van der Waals surface area contributed by atoms with E-state index in [1.54, 1.807) is 10.9 Å². The third-order valence-corrected chi connectivity index (χ3v) is 4.94. The van der Waals surface area contributed by atoms with E-state index in [2.05, 4.69) is 20.3 Å². The number of sulfone groups is 1. The molecule has 8 heteroatoms. The first-order chi connectivity index (χ1) is 9.60. The minimum atomic E-state index is -3.44. The van der Waals surface area contributed by atoms with Crippen LogP contribution in [0.15, 0.2) is 17.4 Å². The Morgan fingerprint density at radius 1 is 1.45 bits per heavy atom. The van der Waals surface area contributed by atoms with Crippen LogP contribution < -0.4 is 0 Å². The molecule has 1 N–H and O–H groups in total. The Labute approximate surface area is 117 Å². The Bertz CT molecular complexity index is 699. The van der Waals surface area contributed by atoms with Gasteiger partial charge in [-0.2, -0.15) is 5.10 Å². The standard InChI is InChI=1S/C12H17N5O2S/c1-2-17-10(5-7-13-17)6-8-20(18,19)12-14-11(15-16-12)9-3-4-9/h5,7,9H,2-4,6,8H2,1H3,(H,14,15,16). The Kier molecular flexibility index (Phi) is 3.33. The van der Waals surface area contributed by atoms with Crippen molar-refractivity contribution < 1.29 is 8.42 Å². The van der Waals surface area contributed by atoms with Crippen LogP contribution in [0.1, 0.15) is 37.2 Å². The van der Waals surface area contributed by atoms with Gasteiger partial charge in [-0.25, -0.2) is 13.4 Å². The van der Waals surface area contributed by atoms with Gasteiger partial charge in [0.05, 0.1) is 5.75 Å². The van der Waals surface area contributed by atoms with Crippen LogP contribution in [0.5, 0.6) is 0 Å². The van der Waals surface area contributed by atoms with Gasteiger partial charge < -0.3 is 0 Å². The van der Waals surface area contributed by atoms with Crippen molar-refractivity contribution in [3.05, 3.63) is 23.8 Å². The molecule has 1 fully saturated rings. The summed E-state index contributed by atoms with van der Waals surface area (Å²) in [5.41, 5.74) is 0.911. The van der Waals surface area contributed by atoms with Gasteiger partial charge in [0.15, 0.2) is 0 Å². The molecule has 0 unspecified atom stereocenters. The monoisotopic (exact) mass is 295 g/mol. The van der Waals surface area contributed by atoms with E-state index >= 15 is 0 Å². The fourth-order valence-electron chi connectivity index (χ4n) is 2.12. The maximum Gasteiger partial charge on any atom is 0.266 e. The lowest BCUT2D eigenvalue weighted by Gasteiger charge is -2.03. The first-order valence-corrected chi connectivity index (χ1v) is 8.41. The van der Waals surface area contributed by atoms with Gasteiger partial charge in [-0.3, -0.25) is 9.78 Å². The van der Waals surface area contributed by atoms with Crippen LogP contribution in [0.2, 0.25) is 0 Å². The number of aromatic nitrogens is 5. The topological polar surface area (TPSA) is 93.5 Å².